The summed E-state index contributed by atoms with van der Waals surface area (Å²) in [6, 6.07) is 10.3. The first-order valence-electron chi connectivity index (χ1n) is 6.33. The van der Waals surface area contributed by atoms with E-state index in [1.807, 2.05) is 0 Å². The minimum Gasteiger partial charge on any atom is -0.207 e. The molecule has 21 heavy (non-hydrogen) atoms. The first kappa shape index (κ1) is 16.6. The summed E-state index contributed by atoms with van der Waals surface area (Å²) in [7, 11) is 0. The minimum atomic E-state index is -0.871. The Bertz CT molecular complexity index is 625. The third-order valence-electron chi connectivity index (χ3n) is 3.51. The molecule has 112 valence electrons. The predicted molar refractivity (Wildman–Crippen MR) is 85.7 cm³/mol. The molecule has 0 N–H and O–H groups in total. The zero-order valence-corrected chi connectivity index (χ0v) is 14.2. The van der Waals surface area contributed by atoms with Crippen LogP contribution in [-0.2, 0) is 11.8 Å². The Hall–Kier alpha value is -0.810. The summed E-state index contributed by atoms with van der Waals surface area (Å²) in [5.41, 5.74) is 0.453. The summed E-state index contributed by atoms with van der Waals surface area (Å²) in [5.74, 6) is -2.07. The second kappa shape index (κ2) is 6.97. The van der Waals surface area contributed by atoms with E-state index in [9.17, 15) is 13.2 Å². The molecule has 5 heteroatoms. The third kappa shape index (κ3) is 3.51. The van der Waals surface area contributed by atoms with Gasteiger partial charge in [-0.05, 0) is 35.7 Å². The van der Waals surface area contributed by atoms with Gasteiger partial charge in [0.25, 0.3) is 0 Å². The van der Waals surface area contributed by atoms with Crippen LogP contribution >= 0.6 is 31.9 Å². The smallest absolute Gasteiger partial charge is 0.162 e. The number of hydrogen-bond donors (Lipinski definition) is 0. The zero-order chi connectivity index (χ0) is 15.5. The quantitative estimate of drug-likeness (QED) is 0.569. The Kier molecular flexibility index (Phi) is 5.49. The van der Waals surface area contributed by atoms with Crippen LogP contribution in [-0.4, -0.2) is 10.7 Å². The summed E-state index contributed by atoms with van der Waals surface area (Å²) < 4.78 is 40.8. The van der Waals surface area contributed by atoms with Gasteiger partial charge in [-0.2, -0.15) is 0 Å². The topological polar surface area (TPSA) is 0 Å². The number of alkyl halides is 2. The van der Waals surface area contributed by atoms with E-state index in [2.05, 4.69) is 31.9 Å². The zero-order valence-electron chi connectivity index (χ0n) is 11.1. The average Bonchev–Trinajstić information content (AvgIpc) is 2.49. The molecule has 0 saturated carbocycles. The van der Waals surface area contributed by atoms with Gasteiger partial charge in [-0.1, -0.05) is 56.1 Å². The lowest BCUT2D eigenvalue weighted by molar-refractivity contribution is 0.475. The SMILES string of the molecule is Fc1cccc(C(CBr)(CBr)Cc2cccc(F)c2F)c1. The number of hydrogen-bond acceptors (Lipinski definition) is 0. The molecule has 0 nitrogen and oxygen atoms in total. The van der Waals surface area contributed by atoms with Crippen LogP contribution in [0.2, 0.25) is 0 Å². The highest BCUT2D eigenvalue weighted by atomic mass is 79.9. The first-order valence-corrected chi connectivity index (χ1v) is 8.57. The highest BCUT2D eigenvalue weighted by molar-refractivity contribution is 9.09. The van der Waals surface area contributed by atoms with E-state index in [1.165, 1.54) is 18.2 Å². The van der Waals surface area contributed by atoms with Crippen molar-refractivity contribution in [1.29, 1.82) is 0 Å². The monoisotopic (exact) mass is 420 g/mol. The fraction of sp³-hybridized carbons (Fsp3) is 0.250. The van der Waals surface area contributed by atoms with Gasteiger partial charge >= 0.3 is 0 Å². The van der Waals surface area contributed by atoms with Crippen LogP contribution in [0.1, 0.15) is 11.1 Å². The summed E-state index contributed by atoms with van der Waals surface area (Å²) >= 11 is 6.85. The van der Waals surface area contributed by atoms with Crippen LogP contribution in [0, 0.1) is 17.5 Å². The molecule has 2 aromatic carbocycles. The second-order valence-corrected chi connectivity index (χ2v) is 6.07. The maximum absolute atomic E-state index is 13.9. The fourth-order valence-corrected chi connectivity index (χ4v) is 4.23. The third-order valence-corrected chi connectivity index (χ3v) is 5.66. The molecule has 0 unspecified atom stereocenters. The molecule has 0 aliphatic heterocycles. The Morgan fingerprint density at radius 1 is 0.905 bits per heavy atom. The highest BCUT2D eigenvalue weighted by Gasteiger charge is 2.32. The molecule has 0 fully saturated rings. The second-order valence-electron chi connectivity index (χ2n) is 4.95. The average molecular weight is 422 g/mol. The highest BCUT2D eigenvalue weighted by Crippen LogP contribution is 2.34. The Morgan fingerprint density at radius 2 is 1.57 bits per heavy atom. The molecule has 2 aromatic rings. The number of rotatable bonds is 5. The van der Waals surface area contributed by atoms with E-state index in [4.69, 9.17) is 0 Å². The molecular formula is C16H13Br2F3. The summed E-state index contributed by atoms with van der Waals surface area (Å²) in [6.07, 6.45) is 0.260. The van der Waals surface area contributed by atoms with Gasteiger partial charge in [-0.3, -0.25) is 0 Å². The van der Waals surface area contributed by atoms with Gasteiger partial charge in [0, 0.05) is 16.1 Å². The van der Waals surface area contributed by atoms with Crippen LogP contribution in [0.4, 0.5) is 13.2 Å². The molecule has 2 rings (SSSR count). The number of halogens is 5. The van der Waals surface area contributed by atoms with E-state index >= 15 is 0 Å². The molecular weight excluding hydrogens is 409 g/mol. The van der Waals surface area contributed by atoms with Crippen LogP contribution in [0.3, 0.4) is 0 Å². The minimum absolute atomic E-state index is 0.260. The molecule has 0 heterocycles. The van der Waals surface area contributed by atoms with Crippen LogP contribution in [0.5, 0.6) is 0 Å². The van der Waals surface area contributed by atoms with Crippen molar-refractivity contribution in [3.8, 4) is 0 Å². The molecule has 0 saturated heterocycles. The maximum atomic E-state index is 13.9. The van der Waals surface area contributed by atoms with Crippen molar-refractivity contribution in [3.05, 3.63) is 71.0 Å². The lowest BCUT2D eigenvalue weighted by atomic mass is 9.79. The van der Waals surface area contributed by atoms with Gasteiger partial charge in [0.15, 0.2) is 11.6 Å². The molecule has 0 aliphatic carbocycles. The van der Waals surface area contributed by atoms with Crippen molar-refractivity contribution < 1.29 is 13.2 Å². The standard InChI is InChI=1S/C16H13Br2F3/c17-9-16(10-18,12-4-2-5-13(19)7-12)8-11-3-1-6-14(20)15(11)21/h1-7H,8-10H2. The molecule has 0 aliphatic rings. The number of benzene rings is 2. The first-order chi connectivity index (χ1) is 10.0. The van der Waals surface area contributed by atoms with Gasteiger partial charge < -0.3 is 0 Å². The normalized spacial score (nSPS) is 11.7. The van der Waals surface area contributed by atoms with E-state index < -0.39 is 17.0 Å². The maximum Gasteiger partial charge on any atom is 0.162 e. The largest absolute Gasteiger partial charge is 0.207 e. The molecule has 0 spiro atoms. The predicted octanol–water partition coefficient (Wildman–Crippen LogP) is 5.37. The molecule has 0 atom stereocenters. The summed E-state index contributed by atoms with van der Waals surface area (Å²) in [6.45, 7) is 0. The lowest BCUT2D eigenvalue weighted by Crippen LogP contribution is -2.33. The van der Waals surface area contributed by atoms with Crippen molar-refractivity contribution in [2.75, 3.05) is 10.7 Å². The van der Waals surface area contributed by atoms with E-state index in [-0.39, 0.29) is 17.8 Å². The Balaban J connectivity index is 2.45. The molecule has 0 bridgehead atoms. The van der Waals surface area contributed by atoms with Crippen molar-refractivity contribution in [3.63, 3.8) is 0 Å². The summed E-state index contributed by atoms with van der Waals surface area (Å²) in [5, 5.41) is 0.981. The van der Waals surface area contributed by atoms with E-state index in [0.717, 1.165) is 11.6 Å². The van der Waals surface area contributed by atoms with Crippen LogP contribution < -0.4 is 0 Å². The van der Waals surface area contributed by atoms with Crippen molar-refractivity contribution in [1.82, 2.24) is 0 Å². The van der Waals surface area contributed by atoms with E-state index in [1.54, 1.807) is 18.2 Å². The molecule has 0 radical (unpaired) electrons. The van der Waals surface area contributed by atoms with Crippen LogP contribution in [0.15, 0.2) is 42.5 Å². The lowest BCUT2D eigenvalue weighted by Gasteiger charge is -2.31. The Morgan fingerprint density at radius 3 is 2.19 bits per heavy atom. The van der Waals surface area contributed by atoms with E-state index in [0.29, 0.717) is 10.7 Å². The van der Waals surface area contributed by atoms with Crippen molar-refractivity contribution in [2.45, 2.75) is 11.8 Å². The molecule has 0 amide bonds. The van der Waals surface area contributed by atoms with Gasteiger partial charge in [0.1, 0.15) is 5.82 Å². The Labute approximate surface area is 138 Å². The van der Waals surface area contributed by atoms with Crippen molar-refractivity contribution in [2.24, 2.45) is 0 Å². The van der Waals surface area contributed by atoms with Gasteiger partial charge in [-0.25, -0.2) is 13.2 Å². The fourth-order valence-electron chi connectivity index (χ4n) is 2.25. The van der Waals surface area contributed by atoms with Gasteiger partial charge in [-0.15, -0.1) is 0 Å². The van der Waals surface area contributed by atoms with Gasteiger partial charge in [0.05, 0.1) is 0 Å². The molecule has 0 aromatic heterocycles. The van der Waals surface area contributed by atoms with Crippen molar-refractivity contribution >= 4 is 31.9 Å². The van der Waals surface area contributed by atoms with Gasteiger partial charge in [0.2, 0.25) is 0 Å². The summed E-state index contributed by atoms with van der Waals surface area (Å²) in [4.78, 5) is 0. The van der Waals surface area contributed by atoms with Crippen LogP contribution in [0.25, 0.3) is 0 Å².